The van der Waals surface area contributed by atoms with Crippen LogP contribution in [0.2, 0.25) is 0 Å². The van der Waals surface area contributed by atoms with E-state index in [2.05, 4.69) is 4.72 Å². The van der Waals surface area contributed by atoms with Gasteiger partial charge in [0, 0.05) is 18.8 Å². The first-order chi connectivity index (χ1) is 12.0. The Morgan fingerprint density at radius 2 is 1.68 bits per heavy atom. The summed E-state index contributed by atoms with van der Waals surface area (Å²) in [7, 11) is -3.54. The van der Waals surface area contributed by atoms with Crippen molar-refractivity contribution in [3.05, 3.63) is 54.1 Å². The molecule has 0 aliphatic carbocycles. The van der Waals surface area contributed by atoms with E-state index in [-0.39, 0.29) is 4.90 Å². The first kappa shape index (κ1) is 19.2. The number of nitrogen functional groups attached to an aromatic ring is 1. The van der Waals surface area contributed by atoms with Crippen molar-refractivity contribution in [2.24, 2.45) is 0 Å². The molecule has 0 atom stereocenters. The Bertz CT molecular complexity index is 744. The van der Waals surface area contributed by atoms with Gasteiger partial charge in [-0.05, 0) is 55.3 Å². The lowest BCUT2D eigenvalue weighted by Crippen LogP contribution is -2.26. The fraction of sp³-hybridized carbons (Fsp3) is 0.333. The number of hydrogen-bond acceptors (Lipinski definition) is 5. The maximum absolute atomic E-state index is 12.3. The van der Waals surface area contributed by atoms with Gasteiger partial charge in [-0.2, -0.15) is 0 Å². The fourth-order valence-corrected chi connectivity index (χ4v) is 3.21. The maximum Gasteiger partial charge on any atom is 0.240 e. The summed E-state index contributed by atoms with van der Waals surface area (Å²) >= 11 is 0. The summed E-state index contributed by atoms with van der Waals surface area (Å²) < 4.78 is 37.8. The lowest BCUT2D eigenvalue weighted by molar-refractivity contribution is 0.110. The average Bonchev–Trinajstić information content (AvgIpc) is 2.61. The van der Waals surface area contributed by atoms with Gasteiger partial charge in [0.25, 0.3) is 0 Å². The van der Waals surface area contributed by atoms with E-state index in [0.717, 1.165) is 5.56 Å². The van der Waals surface area contributed by atoms with E-state index < -0.39 is 10.0 Å². The van der Waals surface area contributed by atoms with Crippen LogP contribution in [0.5, 0.6) is 5.75 Å². The van der Waals surface area contributed by atoms with E-state index in [4.69, 9.17) is 15.2 Å². The van der Waals surface area contributed by atoms with Crippen LogP contribution in [0.4, 0.5) is 5.69 Å². The van der Waals surface area contributed by atoms with E-state index in [1.807, 2.05) is 19.1 Å². The Kier molecular flexibility index (Phi) is 7.24. The van der Waals surface area contributed by atoms with Crippen LogP contribution in [0.1, 0.15) is 12.5 Å². The number of ether oxygens (including phenoxy) is 2. The standard InChI is InChI=1S/C18H24N2O4S/c1-2-23-13-14-24-17-7-9-18(10-8-17)25(21,22)20-12-11-15-3-5-16(19)6-4-15/h3-10,20H,2,11-14,19H2,1H3. The van der Waals surface area contributed by atoms with Gasteiger partial charge in [-0.1, -0.05) is 12.1 Å². The largest absolute Gasteiger partial charge is 0.491 e. The Morgan fingerprint density at radius 3 is 2.32 bits per heavy atom. The molecule has 25 heavy (non-hydrogen) atoms. The van der Waals surface area contributed by atoms with E-state index in [1.165, 1.54) is 12.1 Å². The Hall–Kier alpha value is -2.09. The Labute approximate surface area is 149 Å². The molecule has 0 saturated carbocycles. The summed E-state index contributed by atoms with van der Waals surface area (Å²) in [6, 6.07) is 13.7. The topological polar surface area (TPSA) is 90.6 Å². The van der Waals surface area contributed by atoms with Crippen molar-refractivity contribution in [3.63, 3.8) is 0 Å². The number of hydrogen-bond donors (Lipinski definition) is 2. The molecule has 2 aromatic carbocycles. The highest BCUT2D eigenvalue weighted by atomic mass is 32.2. The predicted molar refractivity (Wildman–Crippen MR) is 98.2 cm³/mol. The summed E-state index contributed by atoms with van der Waals surface area (Å²) in [6.07, 6.45) is 0.595. The molecule has 0 fully saturated rings. The molecule has 0 saturated heterocycles. The Morgan fingerprint density at radius 1 is 1.00 bits per heavy atom. The van der Waals surface area contributed by atoms with E-state index >= 15 is 0 Å². The predicted octanol–water partition coefficient (Wildman–Crippen LogP) is 2.21. The third-order valence-corrected chi connectivity index (χ3v) is 5.00. The first-order valence-electron chi connectivity index (χ1n) is 8.16. The number of rotatable bonds is 10. The van der Waals surface area contributed by atoms with E-state index in [1.54, 1.807) is 24.3 Å². The summed E-state index contributed by atoms with van der Waals surface area (Å²) in [5.41, 5.74) is 7.34. The maximum atomic E-state index is 12.3. The van der Waals surface area contributed by atoms with Crippen LogP contribution >= 0.6 is 0 Å². The highest BCUT2D eigenvalue weighted by Gasteiger charge is 2.13. The molecule has 2 aromatic rings. The molecule has 0 bridgehead atoms. The summed E-state index contributed by atoms with van der Waals surface area (Å²) in [6.45, 7) is 3.81. The van der Waals surface area contributed by atoms with Crippen molar-refractivity contribution < 1.29 is 17.9 Å². The monoisotopic (exact) mass is 364 g/mol. The fourth-order valence-electron chi connectivity index (χ4n) is 2.18. The van der Waals surface area contributed by atoms with Gasteiger partial charge in [-0.25, -0.2) is 13.1 Å². The molecule has 3 N–H and O–H groups in total. The van der Waals surface area contributed by atoms with Gasteiger partial charge in [-0.15, -0.1) is 0 Å². The third-order valence-electron chi connectivity index (χ3n) is 3.52. The molecule has 0 spiro atoms. The van der Waals surface area contributed by atoms with Crippen molar-refractivity contribution in [3.8, 4) is 5.75 Å². The highest BCUT2D eigenvalue weighted by molar-refractivity contribution is 7.89. The lowest BCUT2D eigenvalue weighted by Gasteiger charge is -2.09. The lowest BCUT2D eigenvalue weighted by atomic mass is 10.1. The number of anilines is 1. The van der Waals surface area contributed by atoms with Gasteiger partial charge in [-0.3, -0.25) is 0 Å². The van der Waals surface area contributed by atoms with Crippen LogP contribution in [-0.2, 0) is 21.2 Å². The van der Waals surface area contributed by atoms with Crippen molar-refractivity contribution >= 4 is 15.7 Å². The quantitative estimate of drug-likeness (QED) is 0.498. The molecule has 0 aliphatic rings. The van der Waals surface area contributed by atoms with Crippen LogP contribution in [-0.4, -0.2) is 34.8 Å². The molecule has 0 radical (unpaired) electrons. The molecule has 0 heterocycles. The molecular formula is C18H24N2O4S. The summed E-state index contributed by atoms with van der Waals surface area (Å²) in [4.78, 5) is 0.210. The highest BCUT2D eigenvalue weighted by Crippen LogP contribution is 2.16. The second-order valence-corrected chi connectivity index (χ2v) is 7.17. The third kappa shape index (κ3) is 6.38. The zero-order chi connectivity index (χ0) is 18.1. The smallest absolute Gasteiger partial charge is 0.240 e. The Balaban J connectivity index is 1.85. The second kappa shape index (κ2) is 9.41. The molecular weight excluding hydrogens is 340 g/mol. The van der Waals surface area contributed by atoms with Crippen LogP contribution in [0.15, 0.2) is 53.4 Å². The number of nitrogens with two attached hydrogens (primary N) is 1. The van der Waals surface area contributed by atoms with Crippen LogP contribution in [0, 0.1) is 0 Å². The van der Waals surface area contributed by atoms with Crippen LogP contribution in [0.25, 0.3) is 0 Å². The van der Waals surface area contributed by atoms with Gasteiger partial charge < -0.3 is 15.2 Å². The molecule has 6 nitrogen and oxygen atoms in total. The average molecular weight is 364 g/mol. The van der Waals surface area contributed by atoms with Crippen molar-refractivity contribution in [1.82, 2.24) is 4.72 Å². The molecule has 0 aromatic heterocycles. The van der Waals surface area contributed by atoms with Crippen molar-refractivity contribution in [2.75, 3.05) is 32.1 Å². The molecule has 136 valence electrons. The summed E-state index contributed by atoms with van der Waals surface area (Å²) in [5.74, 6) is 0.612. The van der Waals surface area contributed by atoms with E-state index in [0.29, 0.717) is 44.2 Å². The molecule has 2 rings (SSSR count). The SMILES string of the molecule is CCOCCOc1ccc(S(=O)(=O)NCCc2ccc(N)cc2)cc1. The first-order valence-corrected chi connectivity index (χ1v) is 9.64. The number of benzene rings is 2. The van der Waals surface area contributed by atoms with Gasteiger partial charge in [0.2, 0.25) is 10.0 Å². The minimum atomic E-state index is -3.54. The van der Waals surface area contributed by atoms with Gasteiger partial charge in [0.15, 0.2) is 0 Å². The van der Waals surface area contributed by atoms with Crippen LogP contribution < -0.4 is 15.2 Å². The normalized spacial score (nSPS) is 11.4. The van der Waals surface area contributed by atoms with Crippen molar-refractivity contribution in [1.29, 1.82) is 0 Å². The second-order valence-electron chi connectivity index (χ2n) is 5.41. The van der Waals surface area contributed by atoms with Crippen LogP contribution in [0.3, 0.4) is 0 Å². The van der Waals surface area contributed by atoms with Gasteiger partial charge >= 0.3 is 0 Å². The minimum Gasteiger partial charge on any atom is -0.491 e. The minimum absolute atomic E-state index is 0.210. The number of nitrogens with one attached hydrogen (secondary N) is 1. The molecule has 0 amide bonds. The van der Waals surface area contributed by atoms with Gasteiger partial charge in [0.05, 0.1) is 11.5 Å². The van der Waals surface area contributed by atoms with Gasteiger partial charge in [0.1, 0.15) is 12.4 Å². The van der Waals surface area contributed by atoms with E-state index in [9.17, 15) is 8.42 Å². The van der Waals surface area contributed by atoms with Crippen molar-refractivity contribution in [2.45, 2.75) is 18.2 Å². The zero-order valence-corrected chi connectivity index (χ0v) is 15.1. The zero-order valence-electron chi connectivity index (χ0n) is 14.3. The summed E-state index contributed by atoms with van der Waals surface area (Å²) in [5, 5.41) is 0. The molecule has 0 unspecified atom stereocenters. The molecule has 7 heteroatoms. The number of sulfonamides is 1. The molecule has 0 aliphatic heterocycles.